The van der Waals surface area contributed by atoms with E-state index in [2.05, 4.69) is 12.1 Å². The lowest BCUT2D eigenvalue weighted by molar-refractivity contribution is -0.116. The fourth-order valence-electron chi connectivity index (χ4n) is 1.45. The van der Waals surface area contributed by atoms with Crippen LogP contribution in [0.3, 0.4) is 0 Å². The molecule has 0 saturated carbocycles. The van der Waals surface area contributed by atoms with E-state index in [1.807, 2.05) is 23.9 Å². The molecule has 0 aliphatic carbocycles. The van der Waals surface area contributed by atoms with Gasteiger partial charge < -0.3 is 4.74 Å². The smallest absolute Gasteiger partial charge is 0.134 e. The third-order valence-electron chi connectivity index (χ3n) is 2.29. The molecule has 0 atom stereocenters. The number of carbonyl (C=O) groups is 1. The lowest BCUT2D eigenvalue weighted by atomic mass is 10.1. The topological polar surface area (TPSA) is 26.3 Å². The Hall–Kier alpha value is -0.800. The fourth-order valence-corrected chi connectivity index (χ4v) is 2.45. The summed E-state index contributed by atoms with van der Waals surface area (Å²) >= 11 is 1.85. The summed E-state index contributed by atoms with van der Waals surface area (Å²) in [5.41, 5.74) is 1.09. The van der Waals surface area contributed by atoms with Crippen LogP contribution in [-0.4, -0.2) is 24.2 Å². The monoisotopic (exact) mass is 222 g/mol. The van der Waals surface area contributed by atoms with E-state index in [1.165, 1.54) is 4.90 Å². The van der Waals surface area contributed by atoms with Crippen molar-refractivity contribution in [2.45, 2.75) is 23.5 Å². The van der Waals surface area contributed by atoms with E-state index in [4.69, 9.17) is 4.74 Å². The molecule has 15 heavy (non-hydrogen) atoms. The number of hydrogen-bond donors (Lipinski definition) is 0. The maximum atomic E-state index is 10.9. The second-order valence-corrected chi connectivity index (χ2v) is 5.17. The molecule has 0 N–H and O–H groups in total. The van der Waals surface area contributed by atoms with Gasteiger partial charge in [-0.15, -0.1) is 11.8 Å². The third kappa shape index (κ3) is 3.08. The first kappa shape index (κ1) is 10.7. The van der Waals surface area contributed by atoms with Gasteiger partial charge >= 0.3 is 0 Å². The van der Waals surface area contributed by atoms with Crippen LogP contribution in [0.1, 0.15) is 12.5 Å². The molecule has 0 spiro atoms. The molecule has 2 rings (SSSR count). The summed E-state index contributed by atoms with van der Waals surface area (Å²) in [6.07, 6.45) is 0.539. The summed E-state index contributed by atoms with van der Waals surface area (Å²) in [5.74, 6) is 0.211. The Bertz CT molecular complexity index is 341. The van der Waals surface area contributed by atoms with Crippen molar-refractivity contribution in [2.75, 3.05) is 13.2 Å². The maximum absolute atomic E-state index is 10.9. The summed E-state index contributed by atoms with van der Waals surface area (Å²) in [5, 5.41) is 0.614. The van der Waals surface area contributed by atoms with Gasteiger partial charge in [-0.1, -0.05) is 12.1 Å². The fraction of sp³-hybridized carbons (Fsp3) is 0.417. The molecular weight excluding hydrogens is 208 g/mol. The van der Waals surface area contributed by atoms with Gasteiger partial charge in [0.15, 0.2) is 0 Å². The molecule has 1 fully saturated rings. The number of benzene rings is 1. The first-order valence-electron chi connectivity index (χ1n) is 5.07. The van der Waals surface area contributed by atoms with Crippen molar-refractivity contribution in [2.24, 2.45) is 0 Å². The first-order chi connectivity index (χ1) is 7.24. The minimum atomic E-state index is 0.211. The molecule has 1 saturated heterocycles. The number of ether oxygens (including phenoxy) is 1. The Labute approximate surface area is 94.0 Å². The summed E-state index contributed by atoms with van der Waals surface area (Å²) in [7, 11) is 0. The predicted molar refractivity (Wildman–Crippen MR) is 61.3 cm³/mol. The molecule has 0 unspecified atom stereocenters. The minimum Gasteiger partial charge on any atom is -0.379 e. The normalized spacial score (nSPS) is 16.1. The van der Waals surface area contributed by atoms with Crippen LogP contribution in [-0.2, 0) is 16.0 Å². The average Bonchev–Trinajstić information content (AvgIpc) is 2.13. The van der Waals surface area contributed by atoms with Crippen LogP contribution in [0.15, 0.2) is 29.2 Å². The molecule has 0 radical (unpaired) electrons. The van der Waals surface area contributed by atoms with Crippen LogP contribution in [0.25, 0.3) is 0 Å². The molecule has 80 valence electrons. The highest BCUT2D eigenvalue weighted by molar-refractivity contribution is 8.00. The second kappa shape index (κ2) is 4.81. The maximum Gasteiger partial charge on any atom is 0.134 e. The van der Waals surface area contributed by atoms with Gasteiger partial charge in [0.25, 0.3) is 0 Å². The SMILES string of the molecule is CC(=O)Cc1ccc(SC2COC2)cc1. The number of ketones is 1. The Balaban J connectivity index is 1.93. The van der Waals surface area contributed by atoms with Crippen molar-refractivity contribution < 1.29 is 9.53 Å². The zero-order valence-corrected chi connectivity index (χ0v) is 9.55. The Morgan fingerprint density at radius 1 is 1.40 bits per heavy atom. The minimum absolute atomic E-state index is 0.211. The zero-order valence-electron chi connectivity index (χ0n) is 8.73. The van der Waals surface area contributed by atoms with E-state index in [0.717, 1.165) is 18.8 Å². The van der Waals surface area contributed by atoms with Gasteiger partial charge in [0.05, 0.1) is 18.5 Å². The molecule has 0 amide bonds. The van der Waals surface area contributed by atoms with Gasteiger partial charge in [-0.2, -0.15) is 0 Å². The summed E-state index contributed by atoms with van der Waals surface area (Å²) in [6, 6.07) is 8.23. The van der Waals surface area contributed by atoms with Crippen molar-refractivity contribution in [1.29, 1.82) is 0 Å². The van der Waals surface area contributed by atoms with E-state index in [1.54, 1.807) is 6.92 Å². The molecule has 2 nitrogen and oxygen atoms in total. The number of rotatable bonds is 4. The highest BCUT2D eigenvalue weighted by atomic mass is 32.2. The molecule has 0 aromatic heterocycles. The van der Waals surface area contributed by atoms with Gasteiger partial charge in [-0.25, -0.2) is 0 Å². The molecule has 1 heterocycles. The van der Waals surface area contributed by atoms with Gasteiger partial charge in [0.1, 0.15) is 5.78 Å². The Kier molecular flexibility index (Phi) is 3.44. The lowest BCUT2D eigenvalue weighted by Crippen LogP contribution is -2.29. The number of carbonyl (C=O) groups excluding carboxylic acids is 1. The van der Waals surface area contributed by atoms with E-state index in [0.29, 0.717) is 11.7 Å². The van der Waals surface area contributed by atoms with E-state index < -0.39 is 0 Å². The van der Waals surface area contributed by atoms with Crippen LogP contribution in [0.4, 0.5) is 0 Å². The molecule has 1 aliphatic rings. The molecule has 0 bridgehead atoms. The lowest BCUT2D eigenvalue weighted by Gasteiger charge is -2.25. The third-order valence-corrected chi connectivity index (χ3v) is 3.44. The van der Waals surface area contributed by atoms with Crippen molar-refractivity contribution >= 4 is 17.5 Å². The van der Waals surface area contributed by atoms with Crippen LogP contribution < -0.4 is 0 Å². The van der Waals surface area contributed by atoms with Gasteiger partial charge in [-0.05, 0) is 24.6 Å². The van der Waals surface area contributed by atoms with E-state index in [9.17, 15) is 4.79 Å². The highest BCUT2D eigenvalue weighted by Crippen LogP contribution is 2.27. The molecular formula is C12H14O2S. The molecule has 1 aromatic carbocycles. The van der Waals surface area contributed by atoms with Crippen molar-refractivity contribution in [3.63, 3.8) is 0 Å². The van der Waals surface area contributed by atoms with Crippen LogP contribution in [0, 0.1) is 0 Å². The average molecular weight is 222 g/mol. The predicted octanol–water partition coefficient (Wildman–Crippen LogP) is 2.31. The molecule has 1 aliphatic heterocycles. The van der Waals surface area contributed by atoms with E-state index >= 15 is 0 Å². The van der Waals surface area contributed by atoms with Crippen LogP contribution >= 0.6 is 11.8 Å². The number of thioether (sulfide) groups is 1. The van der Waals surface area contributed by atoms with Gasteiger partial charge in [-0.3, -0.25) is 4.79 Å². The number of Topliss-reactive ketones (excluding diaryl/α,β-unsaturated/α-hetero) is 1. The second-order valence-electron chi connectivity index (χ2n) is 3.80. The Morgan fingerprint density at radius 3 is 2.53 bits per heavy atom. The highest BCUT2D eigenvalue weighted by Gasteiger charge is 2.19. The quantitative estimate of drug-likeness (QED) is 0.782. The first-order valence-corrected chi connectivity index (χ1v) is 5.95. The summed E-state index contributed by atoms with van der Waals surface area (Å²) < 4.78 is 5.12. The summed E-state index contributed by atoms with van der Waals surface area (Å²) in [4.78, 5) is 12.2. The van der Waals surface area contributed by atoms with Crippen LogP contribution in [0.2, 0.25) is 0 Å². The summed E-state index contributed by atoms with van der Waals surface area (Å²) in [6.45, 7) is 3.34. The van der Waals surface area contributed by atoms with Gasteiger partial charge in [0, 0.05) is 11.3 Å². The van der Waals surface area contributed by atoms with Crippen LogP contribution in [0.5, 0.6) is 0 Å². The van der Waals surface area contributed by atoms with Crippen molar-refractivity contribution in [3.8, 4) is 0 Å². The zero-order chi connectivity index (χ0) is 10.7. The largest absolute Gasteiger partial charge is 0.379 e. The standard InChI is InChI=1S/C12H14O2S/c1-9(13)6-10-2-4-11(5-3-10)15-12-7-14-8-12/h2-5,12H,6-8H2,1H3. The molecule has 3 heteroatoms. The Morgan fingerprint density at radius 2 is 2.07 bits per heavy atom. The molecule has 1 aromatic rings. The number of hydrogen-bond acceptors (Lipinski definition) is 3. The van der Waals surface area contributed by atoms with Crippen molar-refractivity contribution in [3.05, 3.63) is 29.8 Å². The van der Waals surface area contributed by atoms with Crippen molar-refractivity contribution in [1.82, 2.24) is 0 Å². The van der Waals surface area contributed by atoms with Gasteiger partial charge in [0.2, 0.25) is 0 Å². The van der Waals surface area contributed by atoms with E-state index in [-0.39, 0.29) is 5.78 Å².